The van der Waals surface area contributed by atoms with Crippen LogP contribution in [0.4, 0.5) is 10.5 Å². The van der Waals surface area contributed by atoms with Crippen LogP contribution in [0.25, 0.3) is 10.4 Å². The molecule has 0 saturated carbocycles. The molecule has 43 heavy (non-hydrogen) atoms. The summed E-state index contributed by atoms with van der Waals surface area (Å²) in [6.07, 6.45) is -9.79. The van der Waals surface area contributed by atoms with Crippen LogP contribution in [-0.4, -0.2) is 99.3 Å². The van der Waals surface area contributed by atoms with Crippen molar-refractivity contribution in [1.29, 1.82) is 0 Å². The number of carbonyl (C=O) groups excluding carboxylic acids is 5. The highest BCUT2D eigenvalue weighted by atomic mass is 16.8. The van der Waals surface area contributed by atoms with Gasteiger partial charge >= 0.3 is 30.0 Å². The maximum absolute atomic E-state index is 13.0. The summed E-state index contributed by atoms with van der Waals surface area (Å²) < 4.78 is 42.1. The Balaban J connectivity index is 2.29. The molecule has 0 aliphatic carbocycles. The summed E-state index contributed by atoms with van der Waals surface area (Å²) in [7, 11) is 1.01. The van der Waals surface area contributed by atoms with Crippen molar-refractivity contribution in [2.24, 2.45) is 5.11 Å². The number of anilines is 1. The average molecular weight is 613 g/mol. The molecule has 2 rings (SSSR count). The first-order chi connectivity index (χ1) is 20.5. The van der Waals surface area contributed by atoms with Crippen molar-refractivity contribution in [3.63, 3.8) is 0 Å². The van der Waals surface area contributed by atoms with Crippen molar-refractivity contribution in [2.45, 2.75) is 58.1 Å². The molecule has 1 aliphatic rings. The van der Waals surface area contributed by atoms with Gasteiger partial charge in [0.1, 0.15) is 12.4 Å². The summed E-state index contributed by atoms with van der Waals surface area (Å²) in [6, 6.07) is 4.35. The quantitative estimate of drug-likeness (QED) is 0.0747. The Bertz CT molecular complexity index is 1200. The Morgan fingerprint density at radius 3 is 2.21 bits per heavy atom. The van der Waals surface area contributed by atoms with E-state index >= 15 is 0 Å². The number of hydrogen-bond acceptors (Lipinski definition) is 15. The number of carbonyl (C=O) groups is 5. The zero-order chi connectivity index (χ0) is 31.9. The highest BCUT2D eigenvalue weighted by Crippen LogP contribution is 2.31. The highest BCUT2D eigenvalue weighted by molar-refractivity contribution is 5.87. The molecule has 1 aliphatic heterocycles. The van der Waals surface area contributed by atoms with E-state index in [9.17, 15) is 29.1 Å². The first-order valence-corrected chi connectivity index (χ1v) is 12.7. The second-order valence-electron chi connectivity index (χ2n) is 8.60. The Hall–Kier alpha value is -4.64. The van der Waals surface area contributed by atoms with Crippen LogP contribution in [0.1, 0.15) is 26.3 Å². The molecule has 5 atom stereocenters. The number of esters is 4. The predicted octanol–water partition coefficient (Wildman–Crippen LogP) is 1.13. The summed E-state index contributed by atoms with van der Waals surface area (Å²) in [5.41, 5.74) is 8.82. The minimum Gasteiger partial charge on any atom is -0.489 e. The fourth-order valence-electron chi connectivity index (χ4n) is 3.77. The lowest BCUT2D eigenvalue weighted by atomic mass is 9.97. The van der Waals surface area contributed by atoms with Gasteiger partial charge in [-0.25, -0.2) is 9.59 Å². The van der Waals surface area contributed by atoms with Gasteiger partial charge in [0, 0.05) is 32.2 Å². The molecule has 1 saturated heterocycles. The van der Waals surface area contributed by atoms with Crippen molar-refractivity contribution in [3.8, 4) is 5.75 Å². The minimum absolute atomic E-state index is 0.0115. The van der Waals surface area contributed by atoms with Crippen molar-refractivity contribution >= 4 is 35.7 Å². The normalized spacial score (nSPS) is 20.9. The van der Waals surface area contributed by atoms with E-state index in [1.165, 1.54) is 18.2 Å². The Kier molecular flexibility index (Phi) is 13.9. The lowest BCUT2D eigenvalue weighted by molar-refractivity contribution is -0.287. The van der Waals surface area contributed by atoms with Crippen LogP contribution in [0.15, 0.2) is 23.3 Å². The number of nitrogens with one attached hydrogen (secondary N) is 1. The molecule has 1 aromatic rings. The number of ether oxygens (including phenoxy) is 8. The van der Waals surface area contributed by atoms with Gasteiger partial charge in [0.25, 0.3) is 0 Å². The van der Waals surface area contributed by atoms with Crippen LogP contribution in [0.3, 0.4) is 0 Å². The van der Waals surface area contributed by atoms with E-state index in [0.29, 0.717) is 5.56 Å². The van der Waals surface area contributed by atoms with Gasteiger partial charge < -0.3 is 43.0 Å². The number of nitrogens with zero attached hydrogens (tertiary/aromatic N) is 3. The fourth-order valence-corrected chi connectivity index (χ4v) is 3.77. The Morgan fingerprint density at radius 1 is 0.953 bits per heavy atom. The van der Waals surface area contributed by atoms with Gasteiger partial charge in [0.2, 0.25) is 12.4 Å². The molecule has 236 valence electrons. The number of methoxy groups -OCH3 is 1. The van der Waals surface area contributed by atoms with E-state index < -0.39 is 60.7 Å². The molecular weight excluding hydrogens is 580 g/mol. The minimum atomic E-state index is -1.87. The van der Waals surface area contributed by atoms with Crippen molar-refractivity contribution in [3.05, 3.63) is 34.2 Å². The summed E-state index contributed by atoms with van der Waals surface area (Å²) in [6.45, 7) is 3.12. The third-order valence-corrected chi connectivity index (χ3v) is 5.41. The van der Waals surface area contributed by atoms with Crippen LogP contribution < -0.4 is 10.1 Å². The largest absolute Gasteiger partial charge is 0.489 e. The molecule has 1 heterocycles. The number of benzene rings is 1. The van der Waals surface area contributed by atoms with Crippen LogP contribution in [-0.2, 0) is 58.9 Å². The number of amides is 1. The summed E-state index contributed by atoms with van der Waals surface area (Å²) in [5, 5.41) is 15.3. The molecule has 0 bridgehead atoms. The molecule has 1 fully saturated rings. The number of aliphatic hydroxyl groups is 1. The molecule has 0 radical (unpaired) electrons. The van der Waals surface area contributed by atoms with Crippen LogP contribution in [0, 0.1) is 0 Å². The molecular formula is C25H32N4O14. The van der Waals surface area contributed by atoms with Gasteiger partial charge in [-0.2, -0.15) is 0 Å². The zero-order valence-corrected chi connectivity index (χ0v) is 23.8. The van der Waals surface area contributed by atoms with E-state index in [1.54, 1.807) is 0 Å². The predicted molar refractivity (Wildman–Crippen MR) is 140 cm³/mol. The van der Waals surface area contributed by atoms with E-state index in [2.05, 4.69) is 15.3 Å². The monoisotopic (exact) mass is 612 g/mol. The number of azide groups is 1. The molecule has 18 nitrogen and oxygen atoms in total. The summed E-state index contributed by atoms with van der Waals surface area (Å²) >= 11 is 0. The van der Waals surface area contributed by atoms with Gasteiger partial charge in [-0.05, 0) is 23.2 Å². The molecule has 1 amide bonds. The first kappa shape index (κ1) is 34.6. The second-order valence-corrected chi connectivity index (χ2v) is 8.60. The smallest absolute Gasteiger partial charge is 0.414 e. The van der Waals surface area contributed by atoms with E-state index in [4.69, 9.17) is 43.4 Å². The third kappa shape index (κ3) is 10.9. The average Bonchev–Trinajstić information content (AvgIpc) is 2.95. The van der Waals surface area contributed by atoms with Crippen LogP contribution in [0.5, 0.6) is 5.75 Å². The molecule has 1 aromatic carbocycles. The number of hydrogen-bond donors (Lipinski definition) is 2. The van der Waals surface area contributed by atoms with Crippen LogP contribution >= 0.6 is 0 Å². The van der Waals surface area contributed by atoms with Gasteiger partial charge in [0.05, 0.1) is 32.6 Å². The SMILES string of the molecule is COC(=O)[C@H]1O[C@@H](OC(=O)Nc2ccc(CO)cc2OCCOCCN=[N+]=[N-])[C@H](OC(C)=O)[C@@H](OC(C)=O)[C@@H]1OC(C)=O. The molecule has 0 unspecified atom stereocenters. The maximum Gasteiger partial charge on any atom is 0.414 e. The lowest BCUT2D eigenvalue weighted by Gasteiger charge is -2.42. The standard InChI is InChI=1S/C25H32N4O14/c1-13(31)39-19-20(40-14(2)32)22(41-15(3)33)24(42-21(19)23(34)36-4)43-25(35)28-17-6-5-16(12-30)11-18(17)38-10-9-37-8-7-27-29-26/h5-6,11,19-22,24,30H,7-10,12H2,1-4H3,(H,28,35)/t19-,20-,21-,22+,24-/m0/s1. The molecule has 2 N–H and O–H groups in total. The molecule has 18 heteroatoms. The topological polar surface area (TPSA) is 240 Å². The van der Waals surface area contributed by atoms with Crippen molar-refractivity contribution in [1.82, 2.24) is 0 Å². The number of aliphatic hydroxyl groups excluding tert-OH is 1. The zero-order valence-electron chi connectivity index (χ0n) is 23.8. The molecule has 0 spiro atoms. The third-order valence-electron chi connectivity index (χ3n) is 5.41. The van der Waals surface area contributed by atoms with Crippen molar-refractivity contribution < 1.29 is 67.0 Å². The highest BCUT2D eigenvalue weighted by Gasteiger charge is 2.56. The maximum atomic E-state index is 13.0. The first-order valence-electron chi connectivity index (χ1n) is 12.7. The van der Waals surface area contributed by atoms with Gasteiger partial charge in [-0.1, -0.05) is 11.2 Å². The van der Waals surface area contributed by atoms with Gasteiger partial charge in [0.15, 0.2) is 18.3 Å². The fraction of sp³-hybridized carbons (Fsp3) is 0.560. The Morgan fingerprint density at radius 2 is 1.60 bits per heavy atom. The summed E-state index contributed by atoms with van der Waals surface area (Å²) in [4.78, 5) is 63.8. The van der Waals surface area contributed by atoms with Gasteiger partial charge in [-0.3, -0.25) is 19.7 Å². The molecule has 0 aromatic heterocycles. The van der Waals surface area contributed by atoms with E-state index in [-0.39, 0.29) is 44.4 Å². The number of rotatable bonds is 14. The Labute approximate surface area is 245 Å². The summed E-state index contributed by atoms with van der Waals surface area (Å²) in [5.74, 6) is -3.66. The lowest BCUT2D eigenvalue weighted by Crippen LogP contribution is -2.64. The van der Waals surface area contributed by atoms with Crippen molar-refractivity contribution in [2.75, 3.05) is 38.8 Å². The van der Waals surface area contributed by atoms with E-state index in [1.807, 2.05) is 0 Å². The second kappa shape index (κ2) is 17.3. The van der Waals surface area contributed by atoms with Crippen LogP contribution in [0.2, 0.25) is 0 Å². The van der Waals surface area contributed by atoms with E-state index in [0.717, 1.165) is 27.9 Å². The van der Waals surface area contributed by atoms with Gasteiger partial charge in [-0.15, -0.1) is 0 Å².